The average Bonchev–Trinajstić information content (AvgIpc) is 2.96. The highest BCUT2D eigenvalue weighted by Crippen LogP contribution is 2.19. The van der Waals surface area contributed by atoms with Gasteiger partial charge in [0.25, 0.3) is 5.91 Å². The van der Waals surface area contributed by atoms with Crippen LogP contribution in [0, 0.1) is 0 Å². The summed E-state index contributed by atoms with van der Waals surface area (Å²) in [5, 5.41) is 3.68. The SMILES string of the molecule is CCCC(=O)NNC(=O)c1cc(-c2ccccc2)on1. The van der Waals surface area contributed by atoms with Crippen LogP contribution >= 0.6 is 0 Å². The van der Waals surface area contributed by atoms with Crippen LogP contribution in [0.3, 0.4) is 0 Å². The summed E-state index contributed by atoms with van der Waals surface area (Å²) in [4.78, 5) is 23.0. The number of nitrogens with one attached hydrogen (secondary N) is 2. The van der Waals surface area contributed by atoms with Gasteiger partial charge in [0.05, 0.1) is 0 Å². The predicted molar refractivity (Wildman–Crippen MR) is 72.5 cm³/mol. The fourth-order valence-electron chi connectivity index (χ4n) is 1.60. The van der Waals surface area contributed by atoms with Crippen molar-refractivity contribution in [1.82, 2.24) is 16.0 Å². The minimum atomic E-state index is -0.514. The number of amides is 2. The van der Waals surface area contributed by atoms with Crippen molar-refractivity contribution in [2.45, 2.75) is 19.8 Å². The third kappa shape index (κ3) is 3.44. The average molecular weight is 273 g/mol. The molecule has 0 radical (unpaired) electrons. The Morgan fingerprint density at radius 1 is 1.20 bits per heavy atom. The lowest BCUT2D eigenvalue weighted by atomic mass is 10.1. The van der Waals surface area contributed by atoms with Gasteiger partial charge >= 0.3 is 0 Å². The summed E-state index contributed by atoms with van der Waals surface area (Å²) in [5.41, 5.74) is 5.54. The van der Waals surface area contributed by atoms with Gasteiger partial charge in [0.15, 0.2) is 11.5 Å². The molecule has 0 unspecified atom stereocenters. The van der Waals surface area contributed by atoms with E-state index in [-0.39, 0.29) is 11.6 Å². The van der Waals surface area contributed by atoms with E-state index in [0.29, 0.717) is 18.6 Å². The number of benzene rings is 1. The molecule has 1 aromatic carbocycles. The maximum absolute atomic E-state index is 11.7. The molecule has 0 atom stereocenters. The second-order valence-corrected chi connectivity index (χ2v) is 4.19. The molecule has 0 fully saturated rings. The maximum atomic E-state index is 11.7. The summed E-state index contributed by atoms with van der Waals surface area (Å²) in [5.74, 6) is -0.261. The van der Waals surface area contributed by atoms with Gasteiger partial charge < -0.3 is 4.52 Å². The van der Waals surface area contributed by atoms with Crippen molar-refractivity contribution in [3.8, 4) is 11.3 Å². The molecular formula is C14H15N3O3. The molecule has 104 valence electrons. The lowest BCUT2D eigenvalue weighted by molar-refractivity contribution is -0.121. The third-order valence-corrected chi connectivity index (χ3v) is 2.59. The van der Waals surface area contributed by atoms with Crippen LogP contribution in [0.4, 0.5) is 0 Å². The lowest BCUT2D eigenvalue weighted by Crippen LogP contribution is -2.41. The van der Waals surface area contributed by atoms with Gasteiger partial charge in [-0.25, -0.2) is 0 Å². The van der Waals surface area contributed by atoms with Crippen LogP contribution < -0.4 is 10.9 Å². The van der Waals surface area contributed by atoms with E-state index in [9.17, 15) is 9.59 Å². The number of hydrogen-bond acceptors (Lipinski definition) is 4. The van der Waals surface area contributed by atoms with Crippen molar-refractivity contribution >= 4 is 11.8 Å². The smallest absolute Gasteiger partial charge is 0.291 e. The van der Waals surface area contributed by atoms with E-state index in [4.69, 9.17) is 4.52 Å². The van der Waals surface area contributed by atoms with Gasteiger partial charge in [-0.2, -0.15) is 0 Å². The highest BCUT2D eigenvalue weighted by molar-refractivity contribution is 5.94. The first-order valence-electron chi connectivity index (χ1n) is 6.32. The van der Waals surface area contributed by atoms with Crippen molar-refractivity contribution < 1.29 is 14.1 Å². The Hall–Kier alpha value is -2.63. The van der Waals surface area contributed by atoms with Gasteiger partial charge in [-0.3, -0.25) is 20.4 Å². The van der Waals surface area contributed by atoms with Crippen molar-refractivity contribution in [2.75, 3.05) is 0 Å². The molecule has 0 saturated carbocycles. The quantitative estimate of drug-likeness (QED) is 0.833. The number of aromatic nitrogens is 1. The van der Waals surface area contributed by atoms with Gasteiger partial charge in [0, 0.05) is 18.1 Å². The van der Waals surface area contributed by atoms with E-state index < -0.39 is 5.91 Å². The Bertz CT molecular complexity index is 593. The van der Waals surface area contributed by atoms with Gasteiger partial charge in [0.1, 0.15) is 0 Å². The monoisotopic (exact) mass is 273 g/mol. The summed E-state index contributed by atoms with van der Waals surface area (Å²) >= 11 is 0. The normalized spacial score (nSPS) is 10.1. The van der Waals surface area contributed by atoms with E-state index in [1.165, 1.54) is 6.07 Å². The van der Waals surface area contributed by atoms with E-state index in [1.807, 2.05) is 37.3 Å². The Morgan fingerprint density at radius 2 is 1.95 bits per heavy atom. The van der Waals surface area contributed by atoms with Crippen LogP contribution in [0.5, 0.6) is 0 Å². The van der Waals surface area contributed by atoms with Crippen molar-refractivity contribution in [1.29, 1.82) is 0 Å². The van der Waals surface area contributed by atoms with Gasteiger partial charge in [-0.15, -0.1) is 0 Å². The highest BCUT2D eigenvalue weighted by atomic mass is 16.5. The zero-order valence-corrected chi connectivity index (χ0v) is 11.1. The second-order valence-electron chi connectivity index (χ2n) is 4.19. The molecule has 0 spiro atoms. The van der Waals surface area contributed by atoms with E-state index in [2.05, 4.69) is 16.0 Å². The van der Waals surface area contributed by atoms with Crippen LogP contribution in [0.25, 0.3) is 11.3 Å². The molecule has 2 amide bonds. The van der Waals surface area contributed by atoms with Crippen LogP contribution in [-0.2, 0) is 4.79 Å². The molecule has 0 aliphatic heterocycles. The summed E-state index contributed by atoms with van der Waals surface area (Å²) in [6, 6.07) is 10.8. The standard InChI is InChI=1S/C14H15N3O3/c1-2-6-13(18)15-16-14(19)11-9-12(20-17-11)10-7-4-3-5-8-10/h3-5,7-9H,2,6H2,1H3,(H,15,18)(H,16,19). The first kappa shape index (κ1) is 13.8. The molecule has 0 aliphatic rings. The van der Waals surface area contributed by atoms with E-state index in [1.54, 1.807) is 0 Å². The summed E-state index contributed by atoms with van der Waals surface area (Å²) < 4.78 is 5.10. The molecule has 6 heteroatoms. The lowest BCUT2D eigenvalue weighted by Gasteiger charge is -2.03. The number of rotatable bonds is 4. The topological polar surface area (TPSA) is 84.2 Å². The Labute approximate surface area is 116 Å². The van der Waals surface area contributed by atoms with Crippen LogP contribution in [-0.4, -0.2) is 17.0 Å². The molecule has 0 saturated heterocycles. The maximum Gasteiger partial charge on any atom is 0.291 e. The zero-order valence-electron chi connectivity index (χ0n) is 11.1. The largest absolute Gasteiger partial charge is 0.355 e. The molecule has 2 N–H and O–H groups in total. The van der Waals surface area contributed by atoms with Crippen LogP contribution in [0.15, 0.2) is 40.9 Å². The van der Waals surface area contributed by atoms with Gasteiger partial charge in [-0.05, 0) is 6.42 Å². The molecule has 20 heavy (non-hydrogen) atoms. The molecule has 6 nitrogen and oxygen atoms in total. The molecule has 0 aliphatic carbocycles. The zero-order chi connectivity index (χ0) is 14.4. The number of hydrazine groups is 1. The number of hydrogen-bond donors (Lipinski definition) is 2. The van der Waals surface area contributed by atoms with E-state index in [0.717, 1.165) is 5.56 Å². The summed E-state index contributed by atoms with van der Waals surface area (Å²) in [7, 11) is 0. The first-order chi connectivity index (χ1) is 9.70. The molecule has 0 bridgehead atoms. The van der Waals surface area contributed by atoms with Gasteiger partial charge in [0.2, 0.25) is 5.91 Å². The van der Waals surface area contributed by atoms with Crippen LogP contribution in [0.1, 0.15) is 30.3 Å². The molecule has 2 rings (SSSR count). The van der Waals surface area contributed by atoms with E-state index >= 15 is 0 Å². The minimum absolute atomic E-state index is 0.112. The highest BCUT2D eigenvalue weighted by Gasteiger charge is 2.13. The predicted octanol–water partition coefficient (Wildman–Crippen LogP) is 1.90. The fourth-order valence-corrected chi connectivity index (χ4v) is 1.60. The Balaban J connectivity index is 1.98. The number of carbonyl (C=O) groups is 2. The summed E-state index contributed by atoms with van der Waals surface area (Å²) in [6.07, 6.45) is 1.07. The fraction of sp³-hybridized carbons (Fsp3) is 0.214. The third-order valence-electron chi connectivity index (χ3n) is 2.59. The first-order valence-corrected chi connectivity index (χ1v) is 6.32. The Kier molecular flexibility index (Phi) is 4.49. The number of carbonyl (C=O) groups excluding carboxylic acids is 2. The minimum Gasteiger partial charge on any atom is -0.355 e. The van der Waals surface area contributed by atoms with Crippen molar-refractivity contribution in [3.05, 3.63) is 42.1 Å². The molecule has 2 aromatic rings. The molecular weight excluding hydrogens is 258 g/mol. The molecule has 1 heterocycles. The summed E-state index contributed by atoms with van der Waals surface area (Å²) in [6.45, 7) is 1.88. The van der Waals surface area contributed by atoms with Crippen molar-refractivity contribution in [2.24, 2.45) is 0 Å². The van der Waals surface area contributed by atoms with Gasteiger partial charge in [-0.1, -0.05) is 42.4 Å². The molecule has 1 aromatic heterocycles. The Morgan fingerprint density at radius 3 is 2.65 bits per heavy atom. The second kappa shape index (κ2) is 6.51. The van der Waals surface area contributed by atoms with Crippen LogP contribution in [0.2, 0.25) is 0 Å². The van der Waals surface area contributed by atoms with Crippen molar-refractivity contribution in [3.63, 3.8) is 0 Å². The number of nitrogens with zero attached hydrogens (tertiary/aromatic N) is 1.